The van der Waals surface area contributed by atoms with E-state index in [0.29, 0.717) is 19.0 Å². The molecule has 0 atom stereocenters. The minimum absolute atomic E-state index is 0. The number of fused-ring (bicyclic) bond motifs is 1. The topological polar surface area (TPSA) is 84.0 Å². The number of amides is 1. The lowest BCUT2D eigenvalue weighted by atomic mass is 9.92. The highest BCUT2D eigenvalue weighted by Crippen LogP contribution is 2.32. The van der Waals surface area contributed by atoms with Gasteiger partial charge < -0.3 is 25.4 Å². The molecule has 0 bridgehead atoms. The summed E-state index contributed by atoms with van der Waals surface area (Å²) in [6.07, 6.45) is 0.834. The first kappa shape index (κ1) is 23.3. The number of hydrogen-bond acceptors (Lipinski definition) is 4. The molecule has 0 radical (unpaired) electrons. The van der Waals surface area contributed by atoms with Crippen LogP contribution in [0.3, 0.4) is 0 Å². The van der Waals surface area contributed by atoms with Crippen molar-refractivity contribution in [1.29, 1.82) is 0 Å². The lowest BCUT2D eigenvalue weighted by Crippen LogP contribution is -2.42. The van der Waals surface area contributed by atoms with Gasteiger partial charge in [-0.2, -0.15) is 0 Å². The number of rotatable bonds is 8. The van der Waals surface area contributed by atoms with E-state index in [1.165, 1.54) is 5.56 Å². The second-order valence-corrected chi connectivity index (χ2v) is 6.80. The van der Waals surface area contributed by atoms with Crippen molar-refractivity contribution in [3.8, 4) is 11.5 Å². The Balaban J connectivity index is 0.00000364. The van der Waals surface area contributed by atoms with Gasteiger partial charge in [0.15, 0.2) is 17.5 Å². The Morgan fingerprint density at radius 2 is 1.81 bits per heavy atom. The second kappa shape index (κ2) is 11.2. The summed E-state index contributed by atoms with van der Waals surface area (Å²) in [4.78, 5) is 16.7. The zero-order chi connectivity index (χ0) is 19.0. The molecule has 1 heterocycles. The van der Waals surface area contributed by atoms with Crippen LogP contribution in [0.25, 0.3) is 0 Å². The predicted molar refractivity (Wildman–Crippen MR) is 118 cm³/mol. The maximum atomic E-state index is 12.1. The van der Waals surface area contributed by atoms with Crippen LogP contribution in [0.15, 0.2) is 23.2 Å². The molecule has 0 fully saturated rings. The van der Waals surface area contributed by atoms with Crippen molar-refractivity contribution in [2.45, 2.75) is 34.1 Å². The van der Waals surface area contributed by atoms with Crippen LogP contribution in [0.2, 0.25) is 0 Å². The molecule has 7 nitrogen and oxygen atoms in total. The molecule has 0 aromatic heterocycles. The Kier molecular flexibility index (Phi) is 9.68. The first-order valence-corrected chi connectivity index (χ1v) is 9.15. The monoisotopic (exact) mass is 490 g/mol. The van der Waals surface area contributed by atoms with Crippen LogP contribution in [0.1, 0.15) is 33.3 Å². The Bertz CT molecular complexity index is 650. The van der Waals surface area contributed by atoms with Crippen LogP contribution in [0.5, 0.6) is 11.5 Å². The summed E-state index contributed by atoms with van der Waals surface area (Å²) in [5, 5.41) is 9.39. The summed E-state index contributed by atoms with van der Waals surface area (Å²) in [6.45, 7) is 10.6. The standard InChI is InChI=1S/C19H30N4O3.HI/c1-5-20-17(24)19(3,4)12-23-18(21-6-2)22-10-9-14-7-8-15-16(11-14)26-13-25-15;/h7-8,11H,5-6,9-10,12-13H2,1-4H3,(H,20,24)(H2,21,22,23);1H. The number of halogens is 1. The first-order valence-electron chi connectivity index (χ1n) is 9.15. The predicted octanol–water partition coefficient (Wildman–Crippen LogP) is 2.29. The molecular weight excluding hydrogens is 459 g/mol. The Morgan fingerprint density at radius 1 is 1.11 bits per heavy atom. The fourth-order valence-electron chi connectivity index (χ4n) is 2.51. The maximum Gasteiger partial charge on any atom is 0.231 e. The van der Waals surface area contributed by atoms with E-state index in [1.807, 2.05) is 45.9 Å². The second-order valence-electron chi connectivity index (χ2n) is 6.80. The molecule has 1 amide bonds. The number of nitrogens with zero attached hydrogens (tertiary/aromatic N) is 1. The van der Waals surface area contributed by atoms with Crippen molar-refractivity contribution in [1.82, 2.24) is 16.0 Å². The minimum atomic E-state index is -0.546. The molecule has 1 aliphatic heterocycles. The number of carbonyl (C=O) groups is 1. The molecule has 0 saturated heterocycles. The average Bonchev–Trinajstić information content (AvgIpc) is 3.07. The Labute approximate surface area is 178 Å². The summed E-state index contributed by atoms with van der Waals surface area (Å²) in [5.74, 6) is 2.32. The summed E-state index contributed by atoms with van der Waals surface area (Å²) in [7, 11) is 0. The first-order chi connectivity index (χ1) is 12.5. The molecule has 8 heteroatoms. The molecule has 3 N–H and O–H groups in total. The molecule has 0 aliphatic carbocycles. The van der Waals surface area contributed by atoms with Crippen molar-refractivity contribution in [2.75, 3.05) is 33.0 Å². The van der Waals surface area contributed by atoms with Gasteiger partial charge in [0.1, 0.15) is 0 Å². The molecule has 1 aromatic rings. The summed E-state index contributed by atoms with van der Waals surface area (Å²) in [5.41, 5.74) is 0.621. The normalized spacial score (nSPS) is 13.0. The fraction of sp³-hybridized carbons (Fsp3) is 0.579. The highest BCUT2D eigenvalue weighted by atomic mass is 127. The van der Waals surface area contributed by atoms with Gasteiger partial charge in [0.2, 0.25) is 12.7 Å². The zero-order valence-corrected chi connectivity index (χ0v) is 18.9. The van der Waals surface area contributed by atoms with Gasteiger partial charge in [-0.1, -0.05) is 6.07 Å². The zero-order valence-electron chi connectivity index (χ0n) is 16.6. The molecular formula is C19H31IN4O3. The van der Waals surface area contributed by atoms with Crippen LogP contribution in [0.4, 0.5) is 0 Å². The maximum absolute atomic E-state index is 12.1. The van der Waals surface area contributed by atoms with E-state index in [-0.39, 0.29) is 36.7 Å². The number of hydrogen-bond donors (Lipinski definition) is 3. The quantitative estimate of drug-likeness (QED) is 0.296. The molecule has 2 rings (SSSR count). The average molecular weight is 490 g/mol. The van der Waals surface area contributed by atoms with E-state index in [1.54, 1.807) is 0 Å². The van der Waals surface area contributed by atoms with Gasteiger partial charge >= 0.3 is 0 Å². The molecule has 0 spiro atoms. The van der Waals surface area contributed by atoms with E-state index in [9.17, 15) is 4.79 Å². The van der Waals surface area contributed by atoms with Gasteiger partial charge in [-0.3, -0.25) is 9.79 Å². The molecule has 0 saturated carbocycles. The number of aliphatic imine (C=N–C) groups is 1. The van der Waals surface area contributed by atoms with Crippen LogP contribution < -0.4 is 25.4 Å². The SMILES string of the molecule is CCNC(=O)C(C)(C)CN=C(NCC)NCCc1ccc2c(c1)OCO2.I. The van der Waals surface area contributed by atoms with Crippen molar-refractivity contribution in [2.24, 2.45) is 10.4 Å². The van der Waals surface area contributed by atoms with E-state index >= 15 is 0 Å². The third kappa shape index (κ3) is 7.08. The molecule has 27 heavy (non-hydrogen) atoms. The summed E-state index contributed by atoms with van der Waals surface area (Å²) >= 11 is 0. The lowest BCUT2D eigenvalue weighted by molar-refractivity contribution is -0.128. The Morgan fingerprint density at radius 3 is 2.52 bits per heavy atom. The summed E-state index contributed by atoms with van der Waals surface area (Å²) in [6, 6.07) is 5.98. The van der Waals surface area contributed by atoms with Gasteiger partial charge in [0, 0.05) is 19.6 Å². The van der Waals surface area contributed by atoms with Gasteiger partial charge in [0.25, 0.3) is 0 Å². The van der Waals surface area contributed by atoms with Crippen molar-refractivity contribution >= 4 is 35.8 Å². The van der Waals surface area contributed by atoms with Crippen LogP contribution in [-0.4, -0.2) is 44.8 Å². The molecule has 1 aromatic carbocycles. The number of ether oxygens (including phenoxy) is 2. The van der Waals surface area contributed by atoms with Crippen LogP contribution in [0, 0.1) is 5.41 Å². The number of guanidine groups is 1. The van der Waals surface area contributed by atoms with Crippen molar-refractivity contribution in [3.05, 3.63) is 23.8 Å². The summed E-state index contributed by atoms with van der Waals surface area (Å²) < 4.78 is 10.7. The highest BCUT2D eigenvalue weighted by molar-refractivity contribution is 14.0. The van der Waals surface area contributed by atoms with Gasteiger partial charge in [-0.05, 0) is 51.8 Å². The van der Waals surface area contributed by atoms with Crippen LogP contribution in [-0.2, 0) is 11.2 Å². The molecule has 1 aliphatic rings. The molecule has 152 valence electrons. The highest BCUT2D eigenvalue weighted by Gasteiger charge is 2.26. The van der Waals surface area contributed by atoms with E-state index < -0.39 is 5.41 Å². The molecule has 0 unspecified atom stereocenters. The Hall–Kier alpha value is -1.71. The minimum Gasteiger partial charge on any atom is -0.454 e. The third-order valence-corrected chi connectivity index (χ3v) is 4.07. The van der Waals surface area contributed by atoms with E-state index in [2.05, 4.69) is 20.9 Å². The lowest BCUT2D eigenvalue weighted by Gasteiger charge is -2.22. The van der Waals surface area contributed by atoms with Gasteiger partial charge in [-0.25, -0.2) is 0 Å². The fourth-order valence-corrected chi connectivity index (χ4v) is 2.51. The number of carbonyl (C=O) groups excluding carboxylic acids is 1. The largest absolute Gasteiger partial charge is 0.454 e. The number of benzene rings is 1. The van der Waals surface area contributed by atoms with Crippen LogP contribution >= 0.6 is 24.0 Å². The third-order valence-electron chi connectivity index (χ3n) is 4.07. The van der Waals surface area contributed by atoms with Gasteiger partial charge in [-0.15, -0.1) is 24.0 Å². The smallest absolute Gasteiger partial charge is 0.231 e. The van der Waals surface area contributed by atoms with Crippen molar-refractivity contribution < 1.29 is 14.3 Å². The van der Waals surface area contributed by atoms with Gasteiger partial charge in [0.05, 0.1) is 12.0 Å². The van der Waals surface area contributed by atoms with E-state index in [4.69, 9.17) is 9.47 Å². The number of nitrogens with one attached hydrogen (secondary N) is 3. The van der Waals surface area contributed by atoms with E-state index in [0.717, 1.165) is 31.0 Å². The van der Waals surface area contributed by atoms with Crippen molar-refractivity contribution in [3.63, 3.8) is 0 Å².